The molecule has 2 aromatic rings. The molecule has 0 N–H and O–H groups in total. The Kier molecular flexibility index (Phi) is 20.4. The number of carbonyl (C=O) groups excluding carboxylic acids is 2. The van der Waals surface area contributed by atoms with E-state index in [1.807, 2.05) is 71.3 Å². The molecule has 0 spiro atoms. The summed E-state index contributed by atoms with van der Waals surface area (Å²) in [6, 6.07) is 7.33. The smallest absolute Gasteiger partial charge is 0.333 e. The van der Waals surface area contributed by atoms with Crippen molar-refractivity contribution in [1.82, 2.24) is 0 Å². The minimum atomic E-state index is -0.513. The maximum absolute atomic E-state index is 12.5. The summed E-state index contributed by atoms with van der Waals surface area (Å²) < 4.78 is 48.6. The van der Waals surface area contributed by atoms with E-state index in [-0.39, 0.29) is 13.2 Å². The zero-order valence-corrected chi connectivity index (χ0v) is 37.9. The van der Waals surface area contributed by atoms with E-state index in [1.54, 1.807) is 65.8 Å². The van der Waals surface area contributed by atoms with Gasteiger partial charge in [0.1, 0.15) is 25.4 Å². The molecule has 0 radical (unpaired) electrons. The Balaban J connectivity index is 1.49. The predicted molar refractivity (Wildman–Crippen MR) is 240 cm³/mol. The standard InChI is InChI=1S/C40H54O10S6/c1-25(2)39(41)49-29(23-51-11-9-35-53-13-14-54-35)21-47-37-31(43-5)17-27(18-32(37)44-6)28-19-33(45-7)38(34(20-28)46-8)48-22-30(50-40(42)26(3)4)24-52-12-10-36-55-15-16-56-36/h17-20,29-30,35-36H,1,3,9-16,21-24H2,2,4-8H3. The van der Waals surface area contributed by atoms with Crippen LogP contribution in [0.2, 0.25) is 0 Å². The fourth-order valence-electron chi connectivity index (χ4n) is 5.40. The van der Waals surface area contributed by atoms with Gasteiger partial charge in [0.2, 0.25) is 11.5 Å². The molecule has 0 aromatic heterocycles. The average molecular weight is 887 g/mol. The second-order valence-corrected chi connectivity index (χ2v) is 20.9. The van der Waals surface area contributed by atoms with Gasteiger partial charge in [0.05, 0.1) is 37.6 Å². The molecule has 2 aromatic carbocycles. The number of benzene rings is 2. The van der Waals surface area contributed by atoms with Crippen molar-refractivity contribution in [3.05, 3.63) is 48.6 Å². The summed E-state index contributed by atoms with van der Waals surface area (Å²) in [5.74, 6) is 9.43. The molecular weight excluding hydrogens is 833 g/mol. The maximum Gasteiger partial charge on any atom is 0.333 e. The lowest BCUT2D eigenvalue weighted by Gasteiger charge is -2.22. The van der Waals surface area contributed by atoms with Crippen molar-refractivity contribution in [1.29, 1.82) is 0 Å². The number of hydrogen-bond donors (Lipinski definition) is 0. The first-order chi connectivity index (χ1) is 27.1. The molecule has 16 heteroatoms. The lowest BCUT2D eigenvalue weighted by molar-refractivity contribution is -0.145. The summed E-state index contributed by atoms with van der Waals surface area (Å²) in [6.07, 6.45) is 1.16. The molecule has 0 aliphatic carbocycles. The van der Waals surface area contributed by atoms with E-state index < -0.39 is 24.1 Å². The van der Waals surface area contributed by atoms with E-state index in [4.69, 9.17) is 37.9 Å². The highest BCUT2D eigenvalue weighted by molar-refractivity contribution is 8.20. The third kappa shape index (κ3) is 14.5. The van der Waals surface area contributed by atoms with Gasteiger partial charge in [-0.3, -0.25) is 0 Å². The summed E-state index contributed by atoms with van der Waals surface area (Å²) >= 11 is 11.5. The molecule has 2 atom stereocenters. The molecule has 2 unspecified atom stereocenters. The normalized spacial score (nSPS) is 15.5. The Morgan fingerprint density at radius 3 is 1.23 bits per heavy atom. The first-order valence-electron chi connectivity index (χ1n) is 18.2. The molecule has 0 bridgehead atoms. The van der Waals surface area contributed by atoms with Gasteiger partial charge in [-0.2, -0.15) is 23.5 Å². The van der Waals surface area contributed by atoms with Crippen LogP contribution < -0.4 is 28.4 Å². The number of carbonyl (C=O) groups is 2. The molecule has 0 amide bonds. The topological polar surface area (TPSA) is 108 Å². The summed E-state index contributed by atoms with van der Waals surface area (Å²) in [6.45, 7) is 10.9. The lowest BCUT2D eigenvalue weighted by atomic mass is 10.0. The van der Waals surface area contributed by atoms with E-state index in [0.717, 1.165) is 35.5 Å². The third-order valence-electron chi connectivity index (χ3n) is 8.31. The van der Waals surface area contributed by atoms with Crippen LogP contribution in [-0.2, 0) is 19.1 Å². The van der Waals surface area contributed by atoms with Gasteiger partial charge in [-0.1, -0.05) is 13.2 Å². The molecule has 2 fully saturated rings. The fraction of sp³-hybridized carbons (Fsp3) is 0.550. The van der Waals surface area contributed by atoms with E-state index in [9.17, 15) is 9.59 Å². The minimum absolute atomic E-state index is 0.0958. The highest BCUT2D eigenvalue weighted by atomic mass is 32.2. The van der Waals surface area contributed by atoms with Gasteiger partial charge in [-0.15, -0.1) is 47.0 Å². The quantitative estimate of drug-likeness (QED) is 0.0537. The predicted octanol–water partition coefficient (Wildman–Crippen LogP) is 8.98. The Hall–Kier alpha value is -2.24. The first kappa shape index (κ1) is 46.4. The van der Waals surface area contributed by atoms with Crippen molar-refractivity contribution in [3.8, 4) is 45.6 Å². The molecule has 2 aliphatic rings. The van der Waals surface area contributed by atoms with Gasteiger partial charge < -0.3 is 37.9 Å². The van der Waals surface area contributed by atoms with Crippen LogP contribution in [0.15, 0.2) is 48.6 Å². The van der Waals surface area contributed by atoms with E-state index in [2.05, 4.69) is 13.2 Å². The van der Waals surface area contributed by atoms with Crippen LogP contribution in [0.5, 0.6) is 34.5 Å². The molecular formula is C40H54O10S6. The Morgan fingerprint density at radius 2 is 0.946 bits per heavy atom. The zero-order valence-electron chi connectivity index (χ0n) is 33.1. The monoisotopic (exact) mass is 886 g/mol. The molecule has 0 saturated carbocycles. The van der Waals surface area contributed by atoms with Crippen molar-refractivity contribution in [2.75, 3.05) is 87.7 Å². The first-order valence-corrected chi connectivity index (χ1v) is 24.7. The van der Waals surface area contributed by atoms with Gasteiger partial charge in [0, 0.05) is 45.7 Å². The number of hydrogen-bond acceptors (Lipinski definition) is 16. The summed E-state index contributed by atoms with van der Waals surface area (Å²) in [5.41, 5.74) is 2.13. The Labute approximate surface area is 357 Å². The second-order valence-electron chi connectivity index (χ2n) is 12.7. The van der Waals surface area contributed by atoms with Crippen molar-refractivity contribution >= 4 is 82.5 Å². The van der Waals surface area contributed by atoms with Crippen LogP contribution >= 0.6 is 70.6 Å². The lowest BCUT2D eigenvalue weighted by Crippen LogP contribution is -2.28. The van der Waals surface area contributed by atoms with E-state index >= 15 is 0 Å². The maximum atomic E-state index is 12.5. The van der Waals surface area contributed by atoms with Crippen molar-refractivity contribution in [2.45, 2.75) is 48.1 Å². The molecule has 2 heterocycles. The van der Waals surface area contributed by atoms with Crippen molar-refractivity contribution in [3.63, 3.8) is 0 Å². The van der Waals surface area contributed by atoms with Crippen LogP contribution in [0.4, 0.5) is 0 Å². The highest BCUT2D eigenvalue weighted by Crippen LogP contribution is 2.46. The molecule has 10 nitrogen and oxygen atoms in total. The van der Waals surface area contributed by atoms with Gasteiger partial charge in [-0.05, 0) is 73.6 Å². The van der Waals surface area contributed by atoms with Crippen LogP contribution in [0, 0.1) is 0 Å². The van der Waals surface area contributed by atoms with E-state index in [1.165, 1.54) is 23.0 Å². The minimum Gasteiger partial charge on any atom is -0.493 e. The molecule has 2 saturated heterocycles. The third-order valence-corrected chi connectivity index (χ3v) is 16.9. The molecule has 2 aliphatic heterocycles. The number of rotatable bonds is 25. The Morgan fingerprint density at radius 1 is 0.625 bits per heavy atom. The number of methoxy groups -OCH3 is 4. The number of ether oxygens (including phenoxy) is 8. The fourth-order valence-corrected chi connectivity index (χ4v) is 13.6. The van der Waals surface area contributed by atoms with Crippen LogP contribution in [-0.4, -0.2) is 121 Å². The van der Waals surface area contributed by atoms with Crippen LogP contribution in [0.1, 0.15) is 26.7 Å². The van der Waals surface area contributed by atoms with Crippen molar-refractivity contribution < 1.29 is 47.5 Å². The highest BCUT2D eigenvalue weighted by Gasteiger charge is 2.25. The summed E-state index contributed by atoms with van der Waals surface area (Å²) in [7, 11) is 6.22. The second kappa shape index (κ2) is 24.6. The van der Waals surface area contributed by atoms with Gasteiger partial charge >= 0.3 is 11.9 Å². The van der Waals surface area contributed by atoms with E-state index in [0.29, 0.717) is 66.3 Å². The molecule has 4 rings (SSSR count). The van der Waals surface area contributed by atoms with Gasteiger partial charge in [0.25, 0.3) is 0 Å². The van der Waals surface area contributed by atoms with Gasteiger partial charge in [0.15, 0.2) is 23.0 Å². The molecule has 310 valence electrons. The summed E-state index contributed by atoms with van der Waals surface area (Å²) in [5, 5.41) is 0. The van der Waals surface area contributed by atoms with Crippen molar-refractivity contribution in [2.24, 2.45) is 0 Å². The van der Waals surface area contributed by atoms with Gasteiger partial charge in [-0.25, -0.2) is 9.59 Å². The largest absolute Gasteiger partial charge is 0.493 e. The SMILES string of the molecule is C=C(C)C(=O)OC(COc1c(OC)cc(-c2cc(OC)c(OCC(CSCCC3SCCS3)OC(=O)C(=C)C)c(OC)c2)cc1OC)CSCCC1SCCS1. The Bertz CT molecular complexity index is 1440. The molecule has 56 heavy (non-hydrogen) atoms. The number of thioether (sulfide) groups is 6. The zero-order chi connectivity index (χ0) is 40.5. The number of esters is 2. The van der Waals surface area contributed by atoms with Crippen LogP contribution in [0.3, 0.4) is 0 Å². The summed E-state index contributed by atoms with van der Waals surface area (Å²) in [4.78, 5) is 25.0. The van der Waals surface area contributed by atoms with Crippen LogP contribution in [0.25, 0.3) is 11.1 Å². The average Bonchev–Trinajstić information content (AvgIpc) is 3.93.